The molecule has 0 unspecified atom stereocenters. The number of fused-ring (bicyclic) bond motifs is 2. The Bertz CT molecular complexity index is 1170. The third kappa shape index (κ3) is 4.40. The second-order valence-electron chi connectivity index (χ2n) is 7.46. The maximum Gasteiger partial charge on any atom is 0.339 e. The van der Waals surface area contributed by atoms with Crippen molar-refractivity contribution in [1.29, 1.82) is 0 Å². The molecule has 158 valence electrons. The van der Waals surface area contributed by atoms with Crippen LogP contribution in [0.5, 0.6) is 0 Å². The van der Waals surface area contributed by atoms with Gasteiger partial charge in [-0.3, -0.25) is 9.78 Å². The van der Waals surface area contributed by atoms with E-state index in [4.69, 9.17) is 9.72 Å². The standard InChI is InChI=1S/C24H22N2O5/c27-21(26-20-13-7-5-10-17(20)23(28)29)14-31-24(30)22-15-8-2-1-3-11-18(15)25-19-12-6-4-9-16(19)22/h4-7,9-10,12-13H,1-3,8,11,14H2,(H,26,27)(H,28,29). The van der Waals surface area contributed by atoms with E-state index in [-0.39, 0.29) is 11.3 Å². The SMILES string of the molecule is O=C(COC(=O)c1c2c(nc3ccccc13)CCCCC2)Nc1ccccc1C(=O)O. The molecule has 2 aromatic carbocycles. The minimum Gasteiger partial charge on any atom is -0.478 e. The lowest BCUT2D eigenvalue weighted by atomic mass is 9.97. The van der Waals surface area contributed by atoms with Crippen LogP contribution in [0.2, 0.25) is 0 Å². The highest BCUT2D eigenvalue weighted by Crippen LogP contribution is 2.29. The first kappa shape index (κ1) is 20.5. The van der Waals surface area contributed by atoms with E-state index >= 15 is 0 Å². The van der Waals surface area contributed by atoms with Gasteiger partial charge < -0.3 is 15.2 Å². The Balaban J connectivity index is 1.56. The summed E-state index contributed by atoms with van der Waals surface area (Å²) in [6.07, 6.45) is 4.63. The van der Waals surface area contributed by atoms with E-state index in [2.05, 4.69) is 5.32 Å². The fourth-order valence-corrected chi connectivity index (χ4v) is 3.95. The third-order valence-electron chi connectivity index (χ3n) is 5.39. The normalized spacial score (nSPS) is 13.2. The van der Waals surface area contributed by atoms with Gasteiger partial charge in [-0.2, -0.15) is 0 Å². The fraction of sp³-hybridized carbons (Fsp3) is 0.250. The number of nitrogens with zero attached hydrogens (tertiary/aromatic N) is 1. The van der Waals surface area contributed by atoms with Crippen LogP contribution < -0.4 is 5.32 Å². The van der Waals surface area contributed by atoms with Gasteiger partial charge in [0.1, 0.15) is 0 Å². The third-order valence-corrected chi connectivity index (χ3v) is 5.39. The van der Waals surface area contributed by atoms with E-state index in [0.717, 1.165) is 48.9 Å². The van der Waals surface area contributed by atoms with Gasteiger partial charge in [0.05, 0.1) is 22.3 Å². The van der Waals surface area contributed by atoms with Gasteiger partial charge in [-0.05, 0) is 49.4 Å². The molecular formula is C24H22N2O5. The van der Waals surface area contributed by atoms with Gasteiger partial charge in [-0.15, -0.1) is 0 Å². The van der Waals surface area contributed by atoms with Crippen molar-refractivity contribution < 1.29 is 24.2 Å². The zero-order valence-corrected chi connectivity index (χ0v) is 16.9. The predicted molar refractivity (Wildman–Crippen MR) is 115 cm³/mol. The first-order chi connectivity index (χ1) is 15.0. The number of hydrogen-bond donors (Lipinski definition) is 2. The van der Waals surface area contributed by atoms with Gasteiger partial charge in [0.15, 0.2) is 6.61 Å². The van der Waals surface area contributed by atoms with Crippen molar-refractivity contribution in [3.63, 3.8) is 0 Å². The highest BCUT2D eigenvalue weighted by Gasteiger charge is 2.23. The lowest BCUT2D eigenvalue weighted by Crippen LogP contribution is -2.23. The molecule has 0 aliphatic heterocycles. The summed E-state index contributed by atoms with van der Waals surface area (Å²) in [4.78, 5) is 41.4. The second-order valence-corrected chi connectivity index (χ2v) is 7.46. The molecule has 1 aromatic heterocycles. The van der Waals surface area contributed by atoms with Crippen molar-refractivity contribution in [2.75, 3.05) is 11.9 Å². The van der Waals surface area contributed by atoms with Crippen LogP contribution in [0.15, 0.2) is 48.5 Å². The number of carboxylic acids is 1. The van der Waals surface area contributed by atoms with Crippen molar-refractivity contribution in [1.82, 2.24) is 4.98 Å². The van der Waals surface area contributed by atoms with E-state index < -0.39 is 24.5 Å². The van der Waals surface area contributed by atoms with Gasteiger partial charge in [0.2, 0.25) is 0 Å². The Morgan fingerprint density at radius 3 is 2.55 bits per heavy atom. The Morgan fingerprint density at radius 1 is 0.968 bits per heavy atom. The van der Waals surface area contributed by atoms with Crippen molar-refractivity contribution in [2.24, 2.45) is 0 Å². The topological polar surface area (TPSA) is 106 Å². The zero-order chi connectivity index (χ0) is 21.8. The molecule has 1 amide bonds. The number of esters is 1. The number of carbonyl (C=O) groups excluding carboxylic acids is 2. The van der Waals surface area contributed by atoms with Gasteiger partial charge >= 0.3 is 11.9 Å². The number of aromatic carboxylic acids is 1. The highest BCUT2D eigenvalue weighted by atomic mass is 16.5. The monoisotopic (exact) mass is 418 g/mol. The van der Waals surface area contributed by atoms with E-state index in [0.29, 0.717) is 10.9 Å². The highest BCUT2D eigenvalue weighted by molar-refractivity contribution is 6.06. The molecule has 31 heavy (non-hydrogen) atoms. The van der Waals surface area contributed by atoms with Crippen LogP contribution in [-0.2, 0) is 22.4 Å². The van der Waals surface area contributed by atoms with Gasteiger partial charge in [0.25, 0.3) is 5.91 Å². The number of para-hydroxylation sites is 2. The van der Waals surface area contributed by atoms with Crippen LogP contribution in [0.4, 0.5) is 5.69 Å². The van der Waals surface area contributed by atoms with E-state index in [1.165, 1.54) is 12.1 Å². The first-order valence-electron chi connectivity index (χ1n) is 10.2. The number of carbonyl (C=O) groups is 3. The lowest BCUT2D eigenvalue weighted by Gasteiger charge is -2.15. The summed E-state index contributed by atoms with van der Waals surface area (Å²) < 4.78 is 5.35. The molecule has 4 rings (SSSR count). The van der Waals surface area contributed by atoms with Crippen LogP contribution in [0.1, 0.15) is 51.2 Å². The number of benzene rings is 2. The molecule has 1 aliphatic rings. The zero-order valence-electron chi connectivity index (χ0n) is 16.9. The molecule has 0 atom stereocenters. The Labute approximate surface area is 179 Å². The summed E-state index contributed by atoms with van der Waals surface area (Å²) in [6, 6.07) is 13.5. The molecule has 0 radical (unpaired) electrons. The van der Waals surface area contributed by atoms with Gasteiger partial charge in [-0.25, -0.2) is 9.59 Å². The molecule has 0 fully saturated rings. The first-order valence-corrected chi connectivity index (χ1v) is 10.2. The number of anilines is 1. The fourth-order valence-electron chi connectivity index (χ4n) is 3.95. The average Bonchev–Trinajstić information content (AvgIpc) is 3.01. The number of pyridine rings is 1. The Kier molecular flexibility index (Phi) is 5.93. The molecule has 2 N–H and O–H groups in total. The summed E-state index contributed by atoms with van der Waals surface area (Å²) in [7, 11) is 0. The molecule has 1 aliphatic carbocycles. The molecule has 7 nitrogen and oxygen atoms in total. The maximum atomic E-state index is 13.1. The van der Waals surface area contributed by atoms with Gasteiger partial charge in [0, 0.05) is 11.1 Å². The number of amides is 1. The molecule has 1 heterocycles. The molecule has 0 saturated carbocycles. The van der Waals surface area contributed by atoms with E-state index in [1.54, 1.807) is 12.1 Å². The van der Waals surface area contributed by atoms with Crippen molar-refractivity contribution in [2.45, 2.75) is 32.1 Å². The quantitative estimate of drug-likeness (QED) is 0.479. The van der Waals surface area contributed by atoms with Gasteiger partial charge in [-0.1, -0.05) is 36.8 Å². The maximum absolute atomic E-state index is 13.1. The molecule has 0 saturated heterocycles. The second kappa shape index (κ2) is 8.95. The number of hydrogen-bond acceptors (Lipinski definition) is 5. The molecule has 7 heteroatoms. The number of ether oxygens (including phenoxy) is 1. The summed E-state index contributed by atoms with van der Waals surface area (Å²) in [6.45, 7) is -0.516. The van der Waals surface area contributed by atoms with E-state index in [1.807, 2.05) is 24.3 Å². The van der Waals surface area contributed by atoms with Crippen molar-refractivity contribution in [3.8, 4) is 0 Å². The van der Waals surface area contributed by atoms with Crippen LogP contribution in [0.3, 0.4) is 0 Å². The molecular weight excluding hydrogens is 396 g/mol. The Morgan fingerprint density at radius 2 is 1.71 bits per heavy atom. The Hall–Kier alpha value is -3.74. The van der Waals surface area contributed by atoms with Crippen molar-refractivity contribution in [3.05, 3.63) is 70.9 Å². The summed E-state index contributed by atoms with van der Waals surface area (Å²) in [5.41, 5.74) is 3.14. The molecule has 0 spiro atoms. The van der Waals surface area contributed by atoms with Crippen LogP contribution in [0, 0.1) is 0 Å². The van der Waals surface area contributed by atoms with Crippen molar-refractivity contribution >= 4 is 34.4 Å². The number of rotatable bonds is 5. The number of aryl methyl sites for hydroxylation is 1. The average molecular weight is 418 g/mol. The van der Waals surface area contributed by atoms with E-state index in [9.17, 15) is 19.5 Å². The molecule has 0 bridgehead atoms. The number of aromatic nitrogens is 1. The smallest absolute Gasteiger partial charge is 0.339 e. The summed E-state index contributed by atoms with van der Waals surface area (Å²) >= 11 is 0. The minimum absolute atomic E-state index is 0.0346. The predicted octanol–water partition coefficient (Wildman–Crippen LogP) is 4.00. The largest absolute Gasteiger partial charge is 0.478 e. The lowest BCUT2D eigenvalue weighted by molar-refractivity contribution is -0.119. The summed E-state index contributed by atoms with van der Waals surface area (Å²) in [5, 5.41) is 12.5. The number of carboxylic acid groups (broad SMARTS) is 1. The van der Waals surface area contributed by atoms with Crippen LogP contribution in [0.25, 0.3) is 10.9 Å². The van der Waals surface area contributed by atoms with Crippen LogP contribution in [-0.4, -0.2) is 34.5 Å². The minimum atomic E-state index is -1.15. The summed E-state index contributed by atoms with van der Waals surface area (Å²) in [5.74, 6) is -2.33. The number of nitrogens with one attached hydrogen (secondary N) is 1. The van der Waals surface area contributed by atoms with Crippen LogP contribution >= 0.6 is 0 Å². The molecule has 3 aromatic rings.